The number of H-pyrrole nitrogens is 2. The zero-order valence-electron chi connectivity index (χ0n) is 6.44. The molecule has 1 heterocycles. The van der Waals surface area contributed by atoms with Gasteiger partial charge in [0.25, 0.3) is 5.56 Å². The van der Waals surface area contributed by atoms with Gasteiger partial charge in [0, 0.05) is 4.47 Å². The van der Waals surface area contributed by atoms with Crippen LogP contribution in [0.3, 0.4) is 0 Å². The summed E-state index contributed by atoms with van der Waals surface area (Å²) in [5.41, 5.74) is 1.85. The Hall–Kier alpha value is -1.03. The van der Waals surface area contributed by atoms with Crippen LogP contribution in [0.2, 0.25) is 0 Å². The number of aryl methyl sites for hydroxylation is 1. The summed E-state index contributed by atoms with van der Waals surface area (Å²) < 4.78 is 0.825. The molecule has 12 heavy (non-hydrogen) atoms. The minimum atomic E-state index is -0.0828. The van der Waals surface area contributed by atoms with E-state index in [4.69, 9.17) is 0 Å². The minimum absolute atomic E-state index is 0.0828. The number of hydrogen-bond acceptors (Lipinski definition) is 1. The first-order valence-electron chi connectivity index (χ1n) is 3.55. The molecule has 2 rings (SSSR count). The van der Waals surface area contributed by atoms with E-state index in [1.807, 2.05) is 19.1 Å². The van der Waals surface area contributed by atoms with Crippen LogP contribution in [0, 0.1) is 6.92 Å². The fourth-order valence-corrected chi connectivity index (χ4v) is 1.76. The van der Waals surface area contributed by atoms with Gasteiger partial charge in [0.15, 0.2) is 0 Å². The number of fused-ring (bicyclic) bond motifs is 1. The first-order valence-corrected chi connectivity index (χ1v) is 4.35. The molecule has 0 aliphatic rings. The van der Waals surface area contributed by atoms with E-state index >= 15 is 0 Å². The van der Waals surface area contributed by atoms with E-state index in [9.17, 15) is 4.79 Å². The van der Waals surface area contributed by atoms with E-state index in [0.29, 0.717) is 5.39 Å². The molecular weight excluding hydrogens is 220 g/mol. The topological polar surface area (TPSA) is 48.6 Å². The summed E-state index contributed by atoms with van der Waals surface area (Å²) in [7, 11) is 0. The molecule has 0 aliphatic carbocycles. The van der Waals surface area contributed by atoms with Crippen molar-refractivity contribution in [2.45, 2.75) is 6.92 Å². The van der Waals surface area contributed by atoms with Crippen LogP contribution in [-0.4, -0.2) is 10.2 Å². The summed E-state index contributed by atoms with van der Waals surface area (Å²) >= 11 is 3.32. The Morgan fingerprint density at radius 3 is 2.75 bits per heavy atom. The highest BCUT2D eigenvalue weighted by Gasteiger charge is 2.06. The summed E-state index contributed by atoms with van der Waals surface area (Å²) in [6, 6.07) is 3.83. The Morgan fingerprint density at radius 2 is 2.08 bits per heavy atom. The largest absolute Gasteiger partial charge is 0.297 e. The molecule has 1 aromatic heterocycles. The third kappa shape index (κ3) is 0.914. The van der Waals surface area contributed by atoms with Gasteiger partial charge >= 0.3 is 0 Å². The van der Waals surface area contributed by atoms with Crippen molar-refractivity contribution >= 4 is 26.8 Å². The molecule has 0 saturated heterocycles. The van der Waals surface area contributed by atoms with E-state index < -0.39 is 0 Å². The van der Waals surface area contributed by atoms with E-state index in [2.05, 4.69) is 26.1 Å². The monoisotopic (exact) mass is 226 g/mol. The zero-order chi connectivity index (χ0) is 8.72. The van der Waals surface area contributed by atoms with Gasteiger partial charge in [-0.1, -0.05) is 6.07 Å². The highest BCUT2D eigenvalue weighted by molar-refractivity contribution is 9.10. The summed E-state index contributed by atoms with van der Waals surface area (Å²) in [5, 5.41) is 6.07. The fourth-order valence-electron chi connectivity index (χ4n) is 1.25. The second kappa shape index (κ2) is 2.48. The van der Waals surface area contributed by atoms with Gasteiger partial charge in [0.05, 0.1) is 10.9 Å². The molecule has 0 atom stereocenters. The SMILES string of the molecule is Cc1ccc(Br)c2c(=O)[nH][nH]c12. The van der Waals surface area contributed by atoms with Crippen LogP contribution >= 0.6 is 15.9 Å². The van der Waals surface area contributed by atoms with Gasteiger partial charge in [-0.2, -0.15) is 0 Å². The van der Waals surface area contributed by atoms with Gasteiger partial charge < -0.3 is 0 Å². The standard InChI is InChI=1S/C8H7BrN2O/c1-4-2-3-5(9)6-7(4)10-11-8(6)12/h2-3H,1H3,(H2,10,11,12). The van der Waals surface area contributed by atoms with Gasteiger partial charge in [-0.25, -0.2) is 0 Å². The predicted octanol–water partition coefficient (Wildman–Crippen LogP) is 1.93. The highest BCUT2D eigenvalue weighted by Crippen LogP contribution is 2.21. The number of aromatic amines is 2. The molecule has 0 saturated carbocycles. The second-order valence-electron chi connectivity index (χ2n) is 2.69. The van der Waals surface area contributed by atoms with Crippen LogP contribution in [0.5, 0.6) is 0 Å². The zero-order valence-corrected chi connectivity index (χ0v) is 8.03. The number of halogens is 1. The molecule has 4 heteroatoms. The molecule has 1 aromatic carbocycles. The maximum Gasteiger partial charge on any atom is 0.272 e. The molecule has 0 radical (unpaired) electrons. The van der Waals surface area contributed by atoms with Gasteiger partial charge in [0.1, 0.15) is 0 Å². The van der Waals surface area contributed by atoms with Crippen molar-refractivity contribution < 1.29 is 0 Å². The first-order chi connectivity index (χ1) is 5.70. The van der Waals surface area contributed by atoms with Crippen molar-refractivity contribution in [1.82, 2.24) is 10.2 Å². The van der Waals surface area contributed by atoms with Crippen LogP contribution in [0.25, 0.3) is 10.9 Å². The summed E-state index contributed by atoms with van der Waals surface area (Å²) in [4.78, 5) is 11.2. The van der Waals surface area contributed by atoms with Gasteiger partial charge in [0.2, 0.25) is 0 Å². The fraction of sp³-hybridized carbons (Fsp3) is 0.125. The first kappa shape index (κ1) is 7.61. The Labute approximate surface area is 76.9 Å². The van der Waals surface area contributed by atoms with Crippen molar-refractivity contribution in [3.63, 3.8) is 0 Å². The van der Waals surface area contributed by atoms with Crippen molar-refractivity contribution in [2.75, 3.05) is 0 Å². The molecule has 0 unspecified atom stereocenters. The van der Waals surface area contributed by atoms with Gasteiger partial charge in [-0.05, 0) is 34.5 Å². The molecular formula is C8H7BrN2O. The van der Waals surface area contributed by atoms with Gasteiger partial charge in [-0.15, -0.1) is 0 Å². The molecule has 0 spiro atoms. The normalized spacial score (nSPS) is 10.8. The number of aromatic nitrogens is 2. The summed E-state index contributed by atoms with van der Waals surface area (Å²) in [5.74, 6) is 0. The second-order valence-corrected chi connectivity index (χ2v) is 3.55. The Kier molecular flexibility index (Phi) is 1.58. The summed E-state index contributed by atoms with van der Waals surface area (Å²) in [6.07, 6.45) is 0. The summed E-state index contributed by atoms with van der Waals surface area (Å²) in [6.45, 7) is 1.96. The quantitative estimate of drug-likeness (QED) is 0.709. The lowest BCUT2D eigenvalue weighted by Crippen LogP contribution is -1.97. The minimum Gasteiger partial charge on any atom is -0.297 e. The van der Waals surface area contributed by atoms with Gasteiger partial charge in [-0.3, -0.25) is 15.0 Å². The van der Waals surface area contributed by atoms with Crippen LogP contribution in [0.4, 0.5) is 0 Å². The molecule has 2 N–H and O–H groups in total. The lowest BCUT2D eigenvalue weighted by Gasteiger charge is -1.95. The van der Waals surface area contributed by atoms with Crippen molar-refractivity contribution in [2.24, 2.45) is 0 Å². The van der Waals surface area contributed by atoms with E-state index in [1.165, 1.54) is 0 Å². The lowest BCUT2D eigenvalue weighted by atomic mass is 10.2. The molecule has 3 nitrogen and oxygen atoms in total. The molecule has 62 valence electrons. The predicted molar refractivity (Wildman–Crippen MR) is 51.4 cm³/mol. The number of nitrogens with one attached hydrogen (secondary N) is 2. The number of hydrogen-bond donors (Lipinski definition) is 2. The third-order valence-electron chi connectivity index (χ3n) is 1.89. The van der Waals surface area contributed by atoms with Crippen molar-refractivity contribution in [1.29, 1.82) is 0 Å². The molecule has 0 amide bonds. The Morgan fingerprint density at radius 1 is 1.33 bits per heavy atom. The van der Waals surface area contributed by atoms with Crippen molar-refractivity contribution in [3.05, 3.63) is 32.5 Å². The van der Waals surface area contributed by atoms with Crippen LogP contribution < -0.4 is 5.56 Å². The maximum atomic E-state index is 11.2. The lowest BCUT2D eigenvalue weighted by molar-refractivity contribution is 1.08. The Balaban J connectivity index is 3.09. The smallest absolute Gasteiger partial charge is 0.272 e. The number of benzene rings is 1. The van der Waals surface area contributed by atoms with Crippen LogP contribution in [0.1, 0.15) is 5.56 Å². The van der Waals surface area contributed by atoms with Crippen LogP contribution in [0.15, 0.2) is 21.4 Å². The highest BCUT2D eigenvalue weighted by atomic mass is 79.9. The van der Waals surface area contributed by atoms with E-state index in [-0.39, 0.29) is 5.56 Å². The van der Waals surface area contributed by atoms with E-state index in [0.717, 1.165) is 15.6 Å². The van der Waals surface area contributed by atoms with Crippen LogP contribution in [-0.2, 0) is 0 Å². The Bertz CT molecular complexity index is 483. The van der Waals surface area contributed by atoms with Crippen molar-refractivity contribution in [3.8, 4) is 0 Å². The molecule has 2 aromatic rings. The van der Waals surface area contributed by atoms with E-state index in [1.54, 1.807) is 0 Å². The third-order valence-corrected chi connectivity index (χ3v) is 2.55. The average molecular weight is 227 g/mol. The number of rotatable bonds is 0. The molecule has 0 bridgehead atoms. The molecule has 0 aliphatic heterocycles. The maximum absolute atomic E-state index is 11.2. The molecule has 0 fully saturated rings. The average Bonchev–Trinajstić information content (AvgIpc) is 2.42.